The Hall–Kier alpha value is -3.36. The molecular formula is C19H23N3O6. The van der Waals surface area contributed by atoms with Crippen molar-refractivity contribution in [2.45, 2.75) is 39.9 Å². The summed E-state index contributed by atoms with van der Waals surface area (Å²) in [6.45, 7) is 5.39. The van der Waals surface area contributed by atoms with Crippen molar-refractivity contribution in [3.8, 4) is 5.75 Å². The summed E-state index contributed by atoms with van der Waals surface area (Å²) >= 11 is 0. The molecule has 0 aliphatic rings. The molecule has 0 bridgehead atoms. The van der Waals surface area contributed by atoms with E-state index in [0.29, 0.717) is 23.7 Å². The molecule has 9 nitrogen and oxygen atoms in total. The van der Waals surface area contributed by atoms with Crippen LogP contribution in [0.15, 0.2) is 28.8 Å². The first-order chi connectivity index (χ1) is 13.3. The van der Waals surface area contributed by atoms with Gasteiger partial charge < -0.3 is 19.3 Å². The van der Waals surface area contributed by atoms with Gasteiger partial charge in [0.05, 0.1) is 17.7 Å². The molecule has 1 aromatic heterocycles. The number of carbonyl (C=O) groups is 3. The fourth-order valence-corrected chi connectivity index (χ4v) is 2.30. The number of ether oxygens (including phenoxy) is 2. The number of aryl methyl sites for hydroxylation is 2. The smallest absolute Gasteiger partial charge is 0.321 e. The van der Waals surface area contributed by atoms with Crippen molar-refractivity contribution < 1.29 is 28.4 Å². The van der Waals surface area contributed by atoms with Crippen molar-refractivity contribution in [2.24, 2.45) is 0 Å². The lowest BCUT2D eigenvalue weighted by Gasteiger charge is -2.13. The number of hydrogen-bond donors (Lipinski definition) is 2. The largest absolute Gasteiger partial charge is 0.489 e. The molecule has 2 aromatic rings. The van der Waals surface area contributed by atoms with Crippen LogP contribution in [0.25, 0.3) is 0 Å². The Balaban J connectivity index is 1.83. The maximum Gasteiger partial charge on any atom is 0.321 e. The molecule has 2 rings (SSSR count). The highest BCUT2D eigenvalue weighted by molar-refractivity contribution is 5.97. The van der Waals surface area contributed by atoms with Crippen molar-refractivity contribution >= 4 is 17.9 Å². The molecule has 9 heteroatoms. The molecule has 1 atom stereocenters. The quantitative estimate of drug-likeness (QED) is 0.693. The zero-order valence-electron chi connectivity index (χ0n) is 16.2. The van der Waals surface area contributed by atoms with Crippen molar-refractivity contribution in [1.29, 1.82) is 0 Å². The molecule has 0 radical (unpaired) electrons. The average molecular weight is 389 g/mol. The molecule has 3 amide bonds. The van der Waals surface area contributed by atoms with Crippen LogP contribution >= 0.6 is 0 Å². The highest BCUT2D eigenvalue weighted by Crippen LogP contribution is 2.18. The van der Waals surface area contributed by atoms with Gasteiger partial charge in [-0.15, -0.1) is 0 Å². The highest BCUT2D eigenvalue weighted by Gasteiger charge is 2.19. The van der Waals surface area contributed by atoms with Crippen molar-refractivity contribution in [1.82, 2.24) is 15.8 Å². The molecular weight excluding hydrogens is 366 g/mol. The van der Waals surface area contributed by atoms with Gasteiger partial charge in [-0.3, -0.25) is 14.9 Å². The number of imide groups is 1. The van der Waals surface area contributed by atoms with Crippen LogP contribution in [-0.2, 0) is 27.4 Å². The minimum Gasteiger partial charge on any atom is -0.489 e. The fourth-order valence-electron chi connectivity index (χ4n) is 2.30. The monoisotopic (exact) mass is 389 g/mol. The third kappa shape index (κ3) is 5.83. The van der Waals surface area contributed by atoms with Gasteiger partial charge in [-0.25, -0.2) is 4.79 Å². The van der Waals surface area contributed by atoms with Crippen LogP contribution in [0, 0.1) is 13.8 Å². The maximum atomic E-state index is 12.0. The van der Waals surface area contributed by atoms with E-state index in [9.17, 15) is 14.4 Å². The molecule has 28 heavy (non-hydrogen) atoms. The summed E-state index contributed by atoms with van der Waals surface area (Å²) in [5, 5.41) is 8.16. The number of amides is 3. The Labute approximate surface area is 162 Å². The van der Waals surface area contributed by atoms with E-state index in [2.05, 4.69) is 10.5 Å². The summed E-state index contributed by atoms with van der Waals surface area (Å²) in [4.78, 5) is 34.8. The zero-order valence-corrected chi connectivity index (χ0v) is 16.2. The molecule has 1 aromatic carbocycles. The molecule has 0 unspecified atom stereocenters. The molecule has 0 aliphatic heterocycles. The average Bonchev–Trinajstić information content (AvgIpc) is 2.98. The second-order valence-corrected chi connectivity index (χ2v) is 6.11. The first-order valence-electron chi connectivity index (χ1n) is 8.65. The van der Waals surface area contributed by atoms with E-state index in [1.165, 1.54) is 14.0 Å². The lowest BCUT2D eigenvalue weighted by Crippen LogP contribution is -2.43. The second kappa shape index (κ2) is 9.54. The standard InChI is InChI=1S/C19H23N3O6/c1-11-16(12(2)28-22-11)10-26-15-7-5-14(6-8-15)9-17(23)27-13(3)18(24)21-19(25)20-4/h5-8,13H,9-10H2,1-4H3,(H2,20,21,24,25)/t13-/m0/s1. The van der Waals surface area contributed by atoms with Crippen molar-refractivity contribution in [2.75, 3.05) is 7.05 Å². The van der Waals surface area contributed by atoms with E-state index in [1.807, 2.05) is 19.2 Å². The molecule has 0 saturated heterocycles. The summed E-state index contributed by atoms with van der Waals surface area (Å²) in [6.07, 6.45) is -1.09. The molecule has 0 saturated carbocycles. The van der Waals surface area contributed by atoms with Gasteiger partial charge in [0.2, 0.25) is 0 Å². The number of urea groups is 1. The SMILES string of the molecule is CNC(=O)NC(=O)[C@H](C)OC(=O)Cc1ccc(OCc2c(C)noc2C)cc1. The Morgan fingerprint density at radius 2 is 1.86 bits per heavy atom. The Bertz CT molecular complexity index is 824. The van der Waals surface area contributed by atoms with Gasteiger partial charge in [-0.1, -0.05) is 17.3 Å². The number of aromatic nitrogens is 1. The summed E-state index contributed by atoms with van der Waals surface area (Å²) in [5.74, 6) is 0.0709. The van der Waals surface area contributed by atoms with Gasteiger partial charge in [0, 0.05) is 7.05 Å². The van der Waals surface area contributed by atoms with Crippen molar-refractivity contribution in [3.05, 3.63) is 46.8 Å². The van der Waals surface area contributed by atoms with Gasteiger partial charge in [-0.05, 0) is 38.5 Å². The highest BCUT2D eigenvalue weighted by atomic mass is 16.5. The first-order valence-corrected chi connectivity index (χ1v) is 8.65. The van der Waals surface area contributed by atoms with E-state index < -0.39 is 24.0 Å². The predicted octanol–water partition coefficient (Wildman–Crippen LogP) is 1.80. The number of hydrogen-bond acceptors (Lipinski definition) is 7. The van der Waals surface area contributed by atoms with E-state index in [1.54, 1.807) is 24.3 Å². The van der Waals surface area contributed by atoms with Crippen LogP contribution in [0.4, 0.5) is 4.79 Å². The number of nitrogens with zero attached hydrogens (tertiary/aromatic N) is 1. The lowest BCUT2D eigenvalue weighted by atomic mass is 10.1. The molecule has 1 heterocycles. The summed E-state index contributed by atoms with van der Waals surface area (Å²) in [5.41, 5.74) is 2.39. The number of carbonyl (C=O) groups excluding carboxylic acids is 3. The fraction of sp³-hybridized carbons (Fsp3) is 0.368. The van der Waals surface area contributed by atoms with E-state index in [0.717, 1.165) is 11.3 Å². The summed E-state index contributed by atoms with van der Waals surface area (Å²) in [7, 11) is 1.38. The summed E-state index contributed by atoms with van der Waals surface area (Å²) in [6, 6.07) is 6.28. The Morgan fingerprint density at radius 1 is 1.18 bits per heavy atom. The van der Waals surface area contributed by atoms with Gasteiger partial charge in [0.15, 0.2) is 6.10 Å². The van der Waals surface area contributed by atoms with Gasteiger partial charge in [0.25, 0.3) is 5.91 Å². The van der Waals surface area contributed by atoms with Crippen LogP contribution in [0.2, 0.25) is 0 Å². The van der Waals surface area contributed by atoms with Gasteiger partial charge in [0.1, 0.15) is 18.1 Å². The zero-order chi connectivity index (χ0) is 20.7. The van der Waals surface area contributed by atoms with E-state index in [-0.39, 0.29) is 6.42 Å². The van der Waals surface area contributed by atoms with Crippen LogP contribution in [-0.4, -0.2) is 36.2 Å². The van der Waals surface area contributed by atoms with Gasteiger partial charge >= 0.3 is 12.0 Å². The van der Waals surface area contributed by atoms with E-state index >= 15 is 0 Å². The van der Waals surface area contributed by atoms with Crippen LogP contribution in [0.1, 0.15) is 29.5 Å². The predicted molar refractivity (Wildman–Crippen MR) is 98.6 cm³/mol. The number of benzene rings is 1. The second-order valence-electron chi connectivity index (χ2n) is 6.11. The molecule has 0 aliphatic carbocycles. The molecule has 150 valence electrons. The third-order valence-electron chi connectivity index (χ3n) is 3.98. The number of nitrogens with one attached hydrogen (secondary N) is 2. The summed E-state index contributed by atoms with van der Waals surface area (Å²) < 4.78 is 15.8. The minimum absolute atomic E-state index is 0.0122. The Morgan fingerprint density at radius 3 is 2.43 bits per heavy atom. The Kier molecular flexibility index (Phi) is 7.14. The lowest BCUT2D eigenvalue weighted by molar-refractivity contribution is -0.153. The molecule has 0 spiro atoms. The first kappa shape index (κ1) is 20.9. The van der Waals surface area contributed by atoms with Crippen LogP contribution in [0.5, 0.6) is 5.75 Å². The molecule has 0 fully saturated rings. The van der Waals surface area contributed by atoms with Crippen LogP contribution < -0.4 is 15.4 Å². The third-order valence-corrected chi connectivity index (χ3v) is 3.98. The normalized spacial score (nSPS) is 11.4. The van der Waals surface area contributed by atoms with Crippen LogP contribution in [0.3, 0.4) is 0 Å². The number of rotatable bonds is 7. The van der Waals surface area contributed by atoms with Crippen molar-refractivity contribution in [3.63, 3.8) is 0 Å². The minimum atomic E-state index is -1.08. The number of esters is 1. The molecule has 2 N–H and O–H groups in total. The maximum absolute atomic E-state index is 12.0. The van der Waals surface area contributed by atoms with E-state index in [4.69, 9.17) is 14.0 Å². The van der Waals surface area contributed by atoms with Gasteiger partial charge in [-0.2, -0.15) is 0 Å². The topological polar surface area (TPSA) is 120 Å².